The van der Waals surface area contributed by atoms with Gasteiger partial charge >= 0.3 is 0 Å². The molecule has 15 heavy (non-hydrogen) atoms. The van der Waals surface area contributed by atoms with Crippen LogP contribution in [-0.2, 0) is 0 Å². The summed E-state index contributed by atoms with van der Waals surface area (Å²) in [6, 6.07) is 10.1. The lowest BCUT2D eigenvalue weighted by Crippen LogP contribution is -2.30. The van der Waals surface area contributed by atoms with Gasteiger partial charge in [-0.25, -0.2) is 0 Å². The maximum Gasteiger partial charge on any atom is 0.0991 e. The molecular weight excluding hydrogens is 184 g/mol. The zero-order valence-electron chi connectivity index (χ0n) is 9.83. The smallest absolute Gasteiger partial charge is 0.0991 e. The van der Waals surface area contributed by atoms with Crippen LogP contribution in [-0.4, -0.2) is 6.04 Å². The standard InChI is InChI=1S/C13H18N2/c1-10(13(2,3)4)15-12-7-5-11(9-14)6-8-12/h5-8,10,15H,1-4H3. The molecule has 1 rings (SSSR count). The van der Waals surface area contributed by atoms with E-state index in [4.69, 9.17) is 5.26 Å². The highest BCUT2D eigenvalue weighted by atomic mass is 14.9. The Kier molecular flexibility index (Phi) is 3.36. The van der Waals surface area contributed by atoms with Crippen molar-refractivity contribution in [2.24, 2.45) is 5.41 Å². The molecule has 1 unspecified atom stereocenters. The third-order valence-corrected chi connectivity index (χ3v) is 2.70. The Balaban J connectivity index is 2.70. The molecule has 1 aromatic carbocycles. The van der Waals surface area contributed by atoms with Crippen LogP contribution >= 0.6 is 0 Å². The van der Waals surface area contributed by atoms with Gasteiger partial charge in [-0.1, -0.05) is 20.8 Å². The van der Waals surface area contributed by atoms with Gasteiger partial charge in [0.15, 0.2) is 0 Å². The van der Waals surface area contributed by atoms with Gasteiger partial charge in [-0.2, -0.15) is 5.26 Å². The van der Waals surface area contributed by atoms with Gasteiger partial charge in [0.05, 0.1) is 11.6 Å². The lowest BCUT2D eigenvalue weighted by atomic mass is 9.88. The van der Waals surface area contributed by atoms with Crippen LogP contribution in [0.5, 0.6) is 0 Å². The normalized spacial score (nSPS) is 13.0. The van der Waals surface area contributed by atoms with Crippen LogP contribution < -0.4 is 5.32 Å². The molecule has 0 heterocycles. The third-order valence-electron chi connectivity index (χ3n) is 2.70. The van der Waals surface area contributed by atoms with Gasteiger partial charge in [0.1, 0.15) is 0 Å². The zero-order chi connectivity index (χ0) is 11.5. The molecule has 0 bridgehead atoms. The molecule has 1 N–H and O–H groups in total. The Morgan fingerprint density at radius 1 is 1.20 bits per heavy atom. The molecule has 0 aliphatic heterocycles. The third kappa shape index (κ3) is 3.28. The van der Waals surface area contributed by atoms with E-state index in [1.165, 1.54) is 0 Å². The molecule has 0 aromatic heterocycles. The number of anilines is 1. The molecule has 1 atom stereocenters. The molecule has 0 aliphatic carbocycles. The van der Waals surface area contributed by atoms with Crippen molar-refractivity contribution in [3.8, 4) is 6.07 Å². The molecule has 1 aromatic rings. The monoisotopic (exact) mass is 202 g/mol. The first-order valence-corrected chi connectivity index (χ1v) is 5.20. The quantitative estimate of drug-likeness (QED) is 0.797. The first kappa shape index (κ1) is 11.6. The van der Waals surface area contributed by atoms with Gasteiger partial charge in [0.25, 0.3) is 0 Å². The number of nitrogens with one attached hydrogen (secondary N) is 1. The van der Waals surface area contributed by atoms with E-state index < -0.39 is 0 Å². The molecule has 80 valence electrons. The van der Waals surface area contributed by atoms with Crippen LogP contribution in [0.25, 0.3) is 0 Å². The Labute approximate surface area is 91.9 Å². The van der Waals surface area contributed by atoms with E-state index in [2.05, 4.69) is 39.1 Å². The van der Waals surface area contributed by atoms with Gasteiger partial charge in [-0.15, -0.1) is 0 Å². The fourth-order valence-corrected chi connectivity index (χ4v) is 1.11. The van der Waals surface area contributed by atoms with E-state index in [1.807, 2.05) is 24.3 Å². The maximum atomic E-state index is 8.67. The number of nitriles is 1. The summed E-state index contributed by atoms with van der Waals surface area (Å²) in [7, 11) is 0. The first-order valence-electron chi connectivity index (χ1n) is 5.20. The minimum Gasteiger partial charge on any atom is -0.382 e. The average Bonchev–Trinajstić information content (AvgIpc) is 2.17. The van der Waals surface area contributed by atoms with Gasteiger partial charge in [0, 0.05) is 11.7 Å². The number of hydrogen-bond donors (Lipinski definition) is 1. The van der Waals surface area contributed by atoms with Gasteiger partial charge in [-0.05, 0) is 36.6 Å². The van der Waals surface area contributed by atoms with Gasteiger partial charge < -0.3 is 5.32 Å². The van der Waals surface area contributed by atoms with Crippen LogP contribution in [0.2, 0.25) is 0 Å². The fourth-order valence-electron chi connectivity index (χ4n) is 1.11. The van der Waals surface area contributed by atoms with E-state index in [9.17, 15) is 0 Å². The second-order valence-electron chi connectivity index (χ2n) is 4.92. The summed E-state index contributed by atoms with van der Waals surface area (Å²) in [4.78, 5) is 0. The molecule has 0 fully saturated rings. The Bertz CT molecular complexity index is 352. The van der Waals surface area contributed by atoms with Crippen LogP contribution in [0.1, 0.15) is 33.3 Å². The molecular formula is C13H18N2. The molecule has 0 spiro atoms. The highest BCUT2D eigenvalue weighted by Crippen LogP contribution is 2.22. The van der Waals surface area contributed by atoms with E-state index in [-0.39, 0.29) is 5.41 Å². The summed E-state index contributed by atoms with van der Waals surface area (Å²) in [5.41, 5.74) is 1.99. The zero-order valence-corrected chi connectivity index (χ0v) is 9.83. The topological polar surface area (TPSA) is 35.8 Å². The minimum absolute atomic E-state index is 0.230. The second kappa shape index (κ2) is 4.35. The number of hydrogen-bond acceptors (Lipinski definition) is 2. The van der Waals surface area contributed by atoms with Crippen LogP contribution in [0.15, 0.2) is 24.3 Å². The summed E-state index contributed by atoms with van der Waals surface area (Å²) in [6.07, 6.45) is 0. The fraction of sp³-hybridized carbons (Fsp3) is 0.462. The molecule has 0 amide bonds. The Morgan fingerprint density at radius 2 is 1.73 bits per heavy atom. The van der Waals surface area contributed by atoms with Crippen molar-refractivity contribution >= 4 is 5.69 Å². The van der Waals surface area contributed by atoms with Crippen molar-refractivity contribution in [1.82, 2.24) is 0 Å². The van der Waals surface area contributed by atoms with Gasteiger partial charge in [0.2, 0.25) is 0 Å². The predicted octanol–water partition coefficient (Wildman–Crippen LogP) is 3.40. The van der Waals surface area contributed by atoms with E-state index in [0.717, 1.165) is 5.69 Å². The highest BCUT2D eigenvalue weighted by molar-refractivity contribution is 5.47. The number of nitrogens with zero attached hydrogens (tertiary/aromatic N) is 1. The van der Waals surface area contributed by atoms with Crippen LogP contribution in [0.3, 0.4) is 0 Å². The summed E-state index contributed by atoms with van der Waals surface area (Å²) in [6.45, 7) is 8.77. The first-order chi connectivity index (χ1) is 6.93. The maximum absolute atomic E-state index is 8.67. The van der Waals surface area contributed by atoms with Crippen molar-refractivity contribution < 1.29 is 0 Å². The lowest BCUT2D eigenvalue weighted by Gasteiger charge is -2.29. The highest BCUT2D eigenvalue weighted by Gasteiger charge is 2.19. The molecule has 0 aliphatic rings. The van der Waals surface area contributed by atoms with Crippen LogP contribution in [0, 0.1) is 16.7 Å². The van der Waals surface area contributed by atoms with Crippen molar-refractivity contribution in [2.45, 2.75) is 33.7 Å². The van der Waals surface area contributed by atoms with Crippen molar-refractivity contribution in [3.05, 3.63) is 29.8 Å². The predicted molar refractivity (Wildman–Crippen MR) is 63.7 cm³/mol. The van der Waals surface area contributed by atoms with Gasteiger partial charge in [-0.3, -0.25) is 0 Å². The van der Waals surface area contributed by atoms with E-state index >= 15 is 0 Å². The number of benzene rings is 1. The largest absolute Gasteiger partial charge is 0.382 e. The summed E-state index contributed by atoms with van der Waals surface area (Å²) in [5.74, 6) is 0. The van der Waals surface area contributed by atoms with Crippen molar-refractivity contribution in [2.75, 3.05) is 5.32 Å². The van der Waals surface area contributed by atoms with Crippen molar-refractivity contribution in [3.63, 3.8) is 0 Å². The van der Waals surface area contributed by atoms with Crippen molar-refractivity contribution in [1.29, 1.82) is 5.26 Å². The van der Waals surface area contributed by atoms with Crippen LogP contribution in [0.4, 0.5) is 5.69 Å². The minimum atomic E-state index is 0.230. The lowest BCUT2D eigenvalue weighted by molar-refractivity contribution is 0.359. The summed E-state index contributed by atoms with van der Waals surface area (Å²) >= 11 is 0. The molecule has 0 radical (unpaired) electrons. The Morgan fingerprint density at radius 3 is 2.13 bits per heavy atom. The summed E-state index contributed by atoms with van der Waals surface area (Å²) < 4.78 is 0. The molecule has 0 saturated carbocycles. The molecule has 2 nitrogen and oxygen atoms in total. The molecule has 0 saturated heterocycles. The SMILES string of the molecule is CC(Nc1ccc(C#N)cc1)C(C)(C)C. The molecule has 2 heteroatoms. The summed E-state index contributed by atoms with van der Waals surface area (Å²) in [5, 5.41) is 12.1. The van der Waals surface area contributed by atoms with E-state index in [1.54, 1.807) is 0 Å². The Hall–Kier alpha value is -1.49. The second-order valence-corrected chi connectivity index (χ2v) is 4.92. The number of rotatable bonds is 2. The average molecular weight is 202 g/mol. The van der Waals surface area contributed by atoms with E-state index in [0.29, 0.717) is 11.6 Å².